The molecule has 44 heavy (non-hydrogen) atoms. The number of carbonyl (C=O) groups excluding carboxylic acids is 1. The van der Waals surface area contributed by atoms with Gasteiger partial charge in [-0.2, -0.15) is 0 Å². The maximum absolute atomic E-state index is 13.2. The third kappa shape index (κ3) is 3.41. The molecule has 0 aromatic heterocycles. The zero-order valence-corrected chi connectivity index (χ0v) is 26.4. The molecule has 11 nitrogen and oxygen atoms in total. The van der Waals surface area contributed by atoms with Gasteiger partial charge in [-0.25, -0.2) is 0 Å². The summed E-state index contributed by atoms with van der Waals surface area (Å²) in [6.07, 6.45) is -4.62. The van der Waals surface area contributed by atoms with Gasteiger partial charge < -0.3 is 43.7 Å². The second-order valence-electron chi connectivity index (χ2n) is 13.9. The Hall–Kier alpha value is -1.67. The number of rotatable bonds is 9. The molecule has 1 saturated heterocycles. The van der Waals surface area contributed by atoms with E-state index < -0.39 is 76.6 Å². The lowest BCUT2D eigenvalue weighted by atomic mass is 9.44. The number of likely N-dealkylation sites (tertiary alicyclic amines) is 1. The molecule has 15 atom stereocenters. The summed E-state index contributed by atoms with van der Waals surface area (Å²) in [4.78, 5) is 15.5. The van der Waals surface area contributed by atoms with Crippen molar-refractivity contribution in [1.82, 2.24) is 4.90 Å². The first-order chi connectivity index (χ1) is 21.1. The maximum atomic E-state index is 13.2. The molecule has 1 aromatic carbocycles. The van der Waals surface area contributed by atoms with Crippen LogP contribution >= 0.6 is 0 Å². The summed E-state index contributed by atoms with van der Waals surface area (Å²) in [5.41, 5.74) is -3.91. The summed E-state index contributed by atoms with van der Waals surface area (Å²) < 4.78 is 38.4. The molecule has 0 radical (unpaired) electrons. The van der Waals surface area contributed by atoms with Gasteiger partial charge in [-0.05, 0) is 24.4 Å². The molecule has 1 aromatic rings. The summed E-state index contributed by atoms with van der Waals surface area (Å²) in [6, 6.07) is 9.45. The Kier molecular flexibility index (Phi) is 7.33. The lowest BCUT2D eigenvalue weighted by Crippen LogP contribution is -2.82. The predicted octanol–water partition coefficient (Wildman–Crippen LogP) is 0.760. The molecular weight excluding hydrogens is 570 g/mol. The fourth-order valence-electron chi connectivity index (χ4n) is 12.0. The summed E-state index contributed by atoms with van der Waals surface area (Å²) in [5, 5.41) is 37.1. The summed E-state index contributed by atoms with van der Waals surface area (Å²) in [6.45, 7) is 4.70. The van der Waals surface area contributed by atoms with Gasteiger partial charge in [0, 0.05) is 77.5 Å². The molecule has 0 amide bonds. The molecule has 244 valence electrons. The Balaban J connectivity index is 1.51. The van der Waals surface area contributed by atoms with E-state index in [-0.39, 0.29) is 30.9 Å². The Morgan fingerprint density at radius 3 is 2.34 bits per heavy atom. The zero-order valence-electron chi connectivity index (χ0n) is 26.4. The second-order valence-corrected chi connectivity index (χ2v) is 13.9. The Morgan fingerprint density at radius 1 is 1.02 bits per heavy atom. The SMILES string of the molecule is CCN1CC2(OC)C(O)CC(OC)C34C5CC6(O)C(OC)C(O)C(OC(C)=O)(C5C6OCc5ccccc5)C(C(OC)C23)C14. The zero-order chi connectivity index (χ0) is 31.4. The molecule has 1 aliphatic heterocycles. The van der Waals surface area contributed by atoms with Gasteiger partial charge >= 0.3 is 5.97 Å². The molecule has 15 unspecified atom stereocenters. The number of likely N-dealkylation sites (N-methyl/N-ethyl adjacent to an activating group) is 1. The van der Waals surface area contributed by atoms with Crippen LogP contribution in [0.5, 0.6) is 0 Å². The van der Waals surface area contributed by atoms with E-state index in [1.165, 1.54) is 14.0 Å². The normalized spacial score (nSPS) is 51.8. The van der Waals surface area contributed by atoms with Crippen molar-refractivity contribution >= 4 is 5.97 Å². The number of hydrogen-bond acceptors (Lipinski definition) is 11. The number of ether oxygens (including phenoxy) is 6. The van der Waals surface area contributed by atoms with Crippen molar-refractivity contribution in [3.63, 3.8) is 0 Å². The molecule has 1 spiro atoms. The molecule has 7 rings (SSSR count). The van der Waals surface area contributed by atoms with E-state index in [1.54, 1.807) is 21.3 Å². The number of carbonyl (C=O) groups is 1. The van der Waals surface area contributed by atoms with E-state index in [9.17, 15) is 20.1 Å². The van der Waals surface area contributed by atoms with Crippen molar-refractivity contribution in [2.24, 2.45) is 29.1 Å². The van der Waals surface area contributed by atoms with E-state index in [0.29, 0.717) is 19.5 Å². The van der Waals surface area contributed by atoms with Gasteiger partial charge in [0.05, 0.1) is 31.0 Å². The molecular formula is C33H47NO10. The van der Waals surface area contributed by atoms with E-state index in [0.717, 1.165) is 5.56 Å². The number of aliphatic hydroxyl groups excluding tert-OH is 2. The number of hydrogen-bond donors (Lipinski definition) is 3. The number of esters is 1. The molecule has 5 saturated carbocycles. The molecule has 6 fully saturated rings. The highest BCUT2D eigenvalue weighted by Gasteiger charge is 2.92. The van der Waals surface area contributed by atoms with Crippen LogP contribution in [0, 0.1) is 29.1 Å². The standard InChI is InChI=1S/C33H47NO10/c1-7-34-16-31(42-6)20(36)13-21(39-3)32-19-14-30(38)28(43-15-18-11-9-8-10-12-18)22(19)33(44-17(2)35,27(37)29(30)41-5)23(26(32)34)24(40-4)25(31)32/h8-12,19-29,36-38H,7,13-16H2,1-6H3. The predicted molar refractivity (Wildman–Crippen MR) is 155 cm³/mol. The molecule has 7 bridgehead atoms. The average Bonchev–Trinajstić information content (AvgIpc) is 3.39. The van der Waals surface area contributed by atoms with Crippen LogP contribution in [0.25, 0.3) is 0 Å². The van der Waals surface area contributed by atoms with Crippen LogP contribution in [0.1, 0.15) is 32.3 Å². The maximum Gasteiger partial charge on any atom is 0.303 e. The highest BCUT2D eigenvalue weighted by Crippen LogP contribution is 2.79. The summed E-state index contributed by atoms with van der Waals surface area (Å²) in [7, 11) is 6.42. The van der Waals surface area contributed by atoms with Crippen molar-refractivity contribution in [3.8, 4) is 0 Å². The van der Waals surface area contributed by atoms with Crippen LogP contribution in [0.4, 0.5) is 0 Å². The van der Waals surface area contributed by atoms with Gasteiger partial charge in [0.2, 0.25) is 0 Å². The third-order valence-electron chi connectivity index (χ3n) is 12.9. The summed E-state index contributed by atoms with van der Waals surface area (Å²) in [5.74, 6) is -2.48. The fraction of sp³-hybridized carbons (Fsp3) is 0.788. The molecule has 5 aliphatic carbocycles. The quantitative estimate of drug-likeness (QED) is 0.339. The lowest BCUT2D eigenvalue weighted by Gasteiger charge is -2.70. The van der Waals surface area contributed by atoms with Crippen molar-refractivity contribution in [2.45, 2.75) is 92.8 Å². The van der Waals surface area contributed by atoms with Gasteiger partial charge in [-0.3, -0.25) is 9.69 Å². The molecule has 6 aliphatic rings. The first-order valence-corrected chi connectivity index (χ1v) is 15.9. The topological polar surface area (TPSA) is 136 Å². The van der Waals surface area contributed by atoms with Gasteiger partial charge in [0.15, 0.2) is 5.60 Å². The number of fused-ring (bicyclic) bond motifs is 2. The largest absolute Gasteiger partial charge is 0.455 e. The van der Waals surface area contributed by atoms with Gasteiger partial charge in [-0.1, -0.05) is 37.3 Å². The Morgan fingerprint density at radius 2 is 1.75 bits per heavy atom. The first kappa shape index (κ1) is 31.0. The van der Waals surface area contributed by atoms with Crippen molar-refractivity contribution < 1.29 is 48.5 Å². The van der Waals surface area contributed by atoms with E-state index in [2.05, 4.69) is 11.8 Å². The minimum absolute atomic E-state index is 0.216. The minimum Gasteiger partial charge on any atom is -0.455 e. The highest BCUT2D eigenvalue weighted by atomic mass is 16.6. The van der Waals surface area contributed by atoms with Crippen LogP contribution in [-0.4, -0.2) is 127 Å². The smallest absolute Gasteiger partial charge is 0.303 e. The number of benzene rings is 1. The summed E-state index contributed by atoms with van der Waals surface area (Å²) >= 11 is 0. The van der Waals surface area contributed by atoms with Crippen LogP contribution in [0.15, 0.2) is 30.3 Å². The van der Waals surface area contributed by atoms with E-state index in [4.69, 9.17) is 28.4 Å². The van der Waals surface area contributed by atoms with Gasteiger partial charge in [0.25, 0.3) is 0 Å². The monoisotopic (exact) mass is 617 g/mol. The number of methoxy groups -OCH3 is 4. The van der Waals surface area contributed by atoms with Crippen LogP contribution in [0.2, 0.25) is 0 Å². The van der Waals surface area contributed by atoms with Crippen molar-refractivity contribution in [1.29, 1.82) is 0 Å². The van der Waals surface area contributed by atoms with Crippen LogP contribution < -0.4 is 0 Å². The molecule has 11 heteroatoms. The average molecular weight is 618 g/mol. The van der Waals surface area contributed by atoms with Crippen molar-refractivity contribution in [2.75, 3.05) is 41.5 Å². The van der Waals surface area contributed by atoms with Crippen LogP contribution in [0.3, 0.4) is 0 Å². The minimum atomic E-state index is -1.60. The molecule has 1 heterocycles. The van der Waals surface area contributed by atoms with Crippen molar-refractivity contribution in [3.05, 3.63) is 35.9 Å². The Labute approximate surface area is 258 Å². The number of nitrogens with zero attached hydrogens (tertiary/aromatic N) is 1. The van der Waals surface area contributed by atoms with Crippen LogP contribution in [-0.2, 0) is 39.8 Å². The molecule has 3 N–H and O–H groups in total. The fourth-order valence-corrected chi connectivity index (χ4v) is 12.0. The third-order valence-corrected chi connectivity index (χ3v) is 12.9. The first-order valence-electron chi connectivity index (χ1n) is 15.9. The van der Waals surface area contributed by atoms with Gasteiger partial charge in [-0.15, -0.1) is 0 Å². The van der Waals surface area contributed by atoms with Gasteiger partial charge in [0.1, 0.15) is 23.4 Å². The van der Waals surface area contributed by atoms with E-state index >= 15 is 0 Å². The lowest BCUT2D eigenvalue weighted by molar-refractivity contribution is -0.333. The highest BCUT2D eigenvalue weighted by molar-refractivity contribution is 5.67. The number of aliphatic hydroxyl groups is 3. The van der Waals surface area contributed by atoms with E-state index in [1.807, 2.05) is 30.3 Å². The Bertz CT molecular complexity index is 1270. The second kappa shape index (κ2) is 10.4. The number of piperidine rings is 1.